The molecule has 2 N–H and O–H groups in total. The Labute approximate surface area is 127 Å². The van der Waals surface area contributed by atoms with Crippen molar-refractivity contribution in [2.45, 2.75) is 32.6 Å². The van der Waals surface area contributed by atoms with Gasteiger partial charge in [-0.2, -0.15) is 0 Å². The van der Waals surface area contributed by atoms with E-state index in [1.54, 1.807) is 11.3 Å². The first-order valence-corrected chi connectivity index (χ1v) is 8.14. The molecule has 1 aromatic carbocycles. The second kappa shape index (κ2) is 4.81. The molecular weight excluding hydrogens is 278 g/mol. The molecular formula is C17H17N3S. The summed E-state index contributed by atoms with van der Waals surface area (Å²) in [5.41, 5.74) is 10.1. The fraction of sp³-hybridized carbons (Fsp3) is 0.294. The molecule has 3 aromatic rings. The maximum absolute atomic E-state index is 6.21. The second-order valence-electron chi connectivity index (χ2n) is 5.72. The molecule has 0 amide bonds. The minimum Gasteiger partial charge on any atom is -0.383 e. The number of thiophene rings is 1. The monoisotopic (exact) mass is 295 g/mol. The van der Waals surface area contributed by atoms with E-state index in [-0.39, 0.29) is 0 Å². The molecule has 0 fully saturated rings. The molecule has 0 aliphatic heterocycles. The Morgan fingerprint density at radius 1 is 1.14 bits per heavy atom. The number of hydrogen-bond donors (Lipinski definition) is 1. The van der Waals surface area contributed by atoms with Gasteiger partial charge in [0.1, 0.15) is 16.5 Å². The number of anilines is 1. The number of aryl methyl sites for hydroxylation is 3. The van der Waals surface area contributed by atoms with Crippen LogP contribution in [0.15, 0.2) is 24.3 Å². The first-order valence-electron chi connectivity index (χ1n) is 7.33. The van der Waals surface area contributed by atoms with Crippen LogP contribution in [0, 0.1) is 6.92 Å². The lowest BCUT2D eigenvalue weighted by Crippen LogP contribution is -2.01. The van der Waals surface area contributed by atoms with E-state index in [4.69, 9.17) is 10.7 Å². The zero-order chi connectivity index (χ0) is 14.4. The van der Waals surface area contributed by atoms with Gasteiger partial charge >= 0.3 is 0 Å². The number of nitrogens with two attached hydrogens (primary N) is 1. The number of rotatable bonds is 2. The van der Waals surface area contributed by atoms with Crippen LogP contribution in [-0.2, 0) is 19.3 Å². The number of nitrogen functional groups attached to an aromatic ring is 1. The number of benzene rings is 1. The lowest BCUT2D eigenvalue weighted by atomic mass is 10.1. The summed E-state index contributed by atoms with van der Waals surface area (Å²) in [6.07, 6.45) is 4.27. The van der Waals surface area contributed by atoms with Crippen LogP contribution in [-0.4, -0.2) is 9.97 Å². The number of hydrogen-bond acceptors (Lipinski definition) is 4. The van der Waals surface area contributed by atoms with Gasteiger partial charge in [0.15, 0.2) is 0 Å². The summed E-state index contributed by atoms with van der Waals surface area (Å²) < 4.78 is 0. The molecule has 0 unspecified atom stereocenters. The van der Waals surface area contributed by atoms with Gasteiger partial charge < -0.3 is 5.73 Å². The topological polar surface area (TPSA) is 51.8 Å². The number of nitrogens with zero attached hydrogens (tertiary/aromatic N) is 2. The second-order valence-corrected chi connectivity index (χ2v) is 6.81. The standard InChI is InChI=1S/C17H17N3S/c1-10-5-7-11(8-6-10)9-14-19-16(18)15-12-3-2-4-13(12)21-17(15)20-14/h5-8H,2-4,9H2,1H3,(H2,18,19,20). The van der Waals surface area contributed by atoms with E-state index in [1.165, 1.54) is 34.4 Å². The molecule has 106 valence electrons. The normalized spacial score (nSPS) is 13.8. The molecule has 0 atom stereocenters. The van der Waals surface area contributed by atoms with Crippen molar-refractivity contribution in [1.82, 2.24) is 9.97 Å². The largest absolute Gasteiger partial charge is 0.383 e. The van der Waals surface area contributed by atoms with Gasteiger partial charge in [-0.15, -0.1) is 11.3 Å². The van der Waals surface area contributed by atoms with Crippen LogP contribution >= 0.6 is 11.3 Å². The summed E-state index contributed by atoms with van der Waals surface area (Å²) in [4.78, 5) is 11.8. The Morgan fingerprint density at radius 2 is 1.95 bits per heavy atom. The molecule has 0 spiro atoms. The first kappa shape index (κ1) is 12.8. The number of aromatic nitrogens is 2. The smallest absolute Gasteiger partial charge is 0.136 e. The van der Waals surface area contributed by atoms with Crippen molar-refractivity contribution in [3.63, 3.8) is 0 Å². The average molecular weight is 295 g/mol. The Bertz CT molecular complexity index is 818. The predicted molar refractivity (Wildman–Crippen MR) is 87.8 cm³/mol. The van der Waals surface area contributed by atoms with Gasteiger partial charge in [-0.25, -0.2) is 9.97 Å². The van der Waals surface area contributed by atoms with Gasteiger partial charge in [0.2, 0.25) is 0 Å². The molecule has 1 aliphatic carbocycles. The first-order chi connectivity index (χ1) is 10.2. The van der Waals surface area contributed by atoms with E-state index in [9.17, 15) is 0 Å². The summed E-state index contributed by atoms with van der Waals surface area (Å²) in [6.45, 7) is 2.09. The minimum atomic E-state index is 0.654. The fourth-order valence-corrected chi connectivity index (χ4v) is 4.33. The Kier molecular flexibility index (Phi) is 2.93. The van der Waals surface area contributed by atoms with Crippen LogP contribution in [0.3, 0.4) is 0 Å². The zero-order valence-electron chi connectivity index (χ0n) is 12.0. The highest BCUT2D eigenvalue weighted by Crippen LogP contribution is 2.38. The van der Waals surface area contributed by atoms with Crippen LogP contribution in [0.5, 0.6) is 0 Å². The molecule has 21 heavy (non-hydrogen) atoms. The summed E-state index contributed by atoms with van der Waals surface area (Å²) in [5.74, 6) is 1.48. The molecule has 4 heteroatoms. The van der Waals surface area contributed by atoms with Crippen molar-refractivity contribution in [3.05, 3.63) is 51.7 Å². The lowest BCUT2D eigenvalue weighted by molar-refractivity contribution is 0.916. The molecule has 2 aromatic heterocycles. The zero-order valence-corrected chi connectivity index (χ0v) is 12.8. The highest BCUT2D eigenvalue weighted by atomic mass is 32.1. The molecule has 0 radical (unpaired) electrons. The Morgan fingerprint density at radius 3 is 2.76 bits per heavy atom. The van der Waals surface area contributed by atoms with E-state index in [0.717, 1.165) is 28.9 Å². The highest BCUT2D eigenvalue weighted by Gasteiger charge is 2.21. The van der Waals surface area contributed by atoms with Crippen molar-refractivity contribution in [3.8, 4) is 0 Å². The number of fused-ring (bicyclic) bond motifs is 3. The van der Waals surface area contributed by atoms with Gasteiger partial charge in [0.25, 0.3) is 0 Å². The molecule has 0 saturated heterocycles. The van der Waals surface area contributed by atoms with Crippen LogP contribution in [0.4, 0.5) is 5.82 Å². The van der Waals surface area contributed by atoms with Gasteiger partial charge in [-0.1, -0.05) is 29.8 Å². The quantitative estimate of drug-likeness (QED) is 0.785. The van der Waals surface area contributed by atoms with Crippen molar-refractivity contribution in [2.75, 3.05) is 5.73 Å². The van der Waals surface area contributed by atoms with Gasteiger partial charge in [-0.05, 0) is 37.3 Å². The van der Waals surface area contributed by atoms with Crippen LogP contribution < -0.4 is 5.73 Å². The SMILES string of the molecule is Cc1ccc(Cc2nc(N)c3c4c(sc3n2)CCC4)cc1. The molecule has 0 saturated carbocycles. The van der Waals surface area contributed by atoms with E-state index in [1.807, 2.05) is 0 Å². The fourth-order valence-electron chi connectivity index (χ4n) is 3.04. The predicted octanol–water partition coefficient (Wildman–Crippen LogP) is 3.66. The Hall–Kier alpha value is -1.94. The van der Waals surface area contributed by atoms with Crippen molar-refractivity contribution >= 4 is 27.4 Å². The minimum absolute atomic E-state index is 0.654. The molecule has 1 aliphatic rings. The third-order valence-corrected chi connectivity index (χ3v) is 5.31. The lowest BCUT2D eigenvalue weighted by Gasteiger charge is -2.04. The van der Waals surface area contributed by atoms with Crippen molar-refractivity contribution < 1.29 is 0 Å². The maximum Gasteiger partial charge on any atom is 0.136 e. The molecule has 2 heterocycles. The van der Waals surface area contributed by atoms with E-state index < -0.39 is 0 Å². The van der Waals surface area contributed by atoms with E-state index in [0.29, 0.717) is 5.82 Å². The van der Waals surface area contributed by atoms with Crippen molar-refractivity contribution in [2.24, 2.45) is 0 Å². The third kappa shape index (κ3) is 2.20. The van der Waals surface area contributed by atoms with Gasteiger partial charge in [0.05, 0.1) is 5.39 Å². The van der Waals surface area contributed by atoms with E-state index >= 15 is 0 Å². The Balaban J connectivity index is 1.75. The van der Waals surface area contributed by atoms with Crippen LogP contribution in [0.2, 0.25) is 0 Å². The summed E-state index contributed by atoms with van der Waals surface area (Å²) in [5, 5.41) is 1.11. The van der Waals surface area contributed by atoms with Gasteiger partial charge in [-0.3, -0.25) is 0 Å². The summed E-state index contributed by atoms with van der Waals surface area (Å²) >= 11 is 1.80. The molecule has 3 nitrogen and oxygen atoms in total. The van der Waals surface area contributed by atoms with Crippen LogP contribution in [0.25, 0.3) is 10.2 Å². The van der Waals surface area contributed by atoms with Crippen LogP contribution in [0.1, 0.15) is 33.8 Å². The molecule has 0 bridgehead atoms. The third-order valence-electron chi connectivity index (χ3n) is 4.12. The van der Waals surface area contributed by atoms with Crippen molar-refractivity contribution in [1.29, 1.82) is 0 Å². The molecule has 4 rings (SSSR count). The summed E-state index contributed by atoms with van der Waals surface area (Å²) in [7, 11) is 0. The van der Waals surface area contributed by atoms with E-state index in [2.05, 4.69) is 36.2 Å². The summed E-state index contributed by atoms with van der Waals surface area (Å²) in [6, 6.07) is 8.51. The van der Waals surface area contributed by atoms with Gasteiger partial charge in [0, 0.05) is 11.3 Å². The maximum atomic E-state index is 6.21. The highest BCUT2D eigenvalue weighted by molar-refractivity contribution is 7.19. The average Bonchev–Trinajstić information content (AvgIpc) is 3.01.